The van der Waals surface area contributed by atoms with Crippen LogP contribution in [0.4, 0.5) is 0 Å². The fraction of sp³-hybridized carbons (Fsp3) is 0.250. The number of para-hydroxylation sites is 3. The second kappa shape index (κ2) is 10.3. The minimum absolute atomic E-state index is 0.314. The smallest absolute Gasteiger partial charge is 0.144 e. The number of fused-ring (bicyclic) bond motifs is 3. The first-order chi connectivity index (χ1) is 17.8. The molecule has 2 N–H and O–H groups in total. The molecule has 5 nitrogen and oxygen atoms in total. The fourth-order valence-electron chi connectivity index (χ4n) is 5.32. The molecule has 0 aliphatic carbocycles. The lowest BCUT2D eigenvalue weighted by Crippen LogP contribution is -2.30. The van der Waals surface area contributed by atoms with Crippen LogP contribution in [-0.4, -0.2) is 51.8 Å². The first-order valence-corrected chi connectivity index (χ1v) is 12.8. The van der Waals surface area contributed by atoms with Gasteiger partial charge in [-0.2, -0.15) is 0 Å². The molecule has 0 radical (unpaired) electrons. The Bertz CT molecular complexity index is 1520. The third kappa shape index (κ3) is 4.93. The number of aryl methyl sites for hydroxylation is 2. The number of benzene rings is 4. The number of aromatic nitrogens is 1. The second-order valence-electron chi connectivity index (χ2n) is 10.2. The first-order valence-electron chi connectivity index (χ1n) is 12.8. The standard InChI is InChI=1S/C32H35N3O2/c1-22-18-23(2)31(36)25(19-22)21-34(4)17-16-33(3)20-24-10-9-15-30(32(24)37)35-28-13-7-5-11-26(28)27-12-6-8-14-29(27)35/h5-15,18-19,36-37H,16-17,20-21H2,1-4H3. The Morgan fingerprint density at radius 1 is 0.649 bits per heavy atom. The van der Waals surface area contributed by atoms with Gasteiger partial charge in [0.25, 0.3) is 0 Å². The predicted octanol–water partition coefficient (Wildman–Crippen LogP) is 6.38. The van der Waals surface area contributed by atoms with E-state index in [0.717, 1.165) is 52.1 Å². The third-order valence-corrected chi connectivity index (χ3v) is 7.19. The monoisotopic (exact) mass is 493 g/mol. The molecule has 0 aliphatic heterocycles. The Morgan fingerprint density at radius 2 is 1.22 bits per heavy atom. The Morgan fingerprint density at radius 3 is 1.84 bits per heavy atom. The van der Waals surface area contributed by atoms with Crippen molar-refractivity contribution in [1.82, 2.24) is 14.4 Å². The lowest BCUT2D eigenvalue weighted by molar-refractivity contribution is 0.243. The molecule has 0 amide bonds. The summed E-state index contributed by atoms with van der Waals surface area (Å²) in [5, 5.41) is 24.2. The van der Waals surface area contributed by atoms with Crippen molar-refractivity contribution in [3.05, 3.63) is 101 Å². The number of nitrogens with zero attached hydrogens (tertiary/aromatic N) is 3. The van der Waals surface area contributed by atoms with E-state index in [-0.39, 0.29) is 0 Å². The van der Waals surface area contributed by atoms with E-state index in [1.807, 2.05) is 43.3 Å². The van der Waals surface area contributed by atoms with Crippen LogP contribution in [0.15, 0.2) is 78.9 Å². The van der Waals surface area contributed by atoms with Crippen LogP contribution in [-0.2, 0) is 13.1 Å². The minimum Gasteiger partial charge on any atom is -0.507 e. The summed E-state index contributed by atoms with van der Waals surface area (Å²) in [6, 6.07) is 26.8. The Kier molecular flexibility index (Phi) is 6.92. The van der Waals surface area contributed by atoms with Crippen molar-refractivity contribution in [1.29, 1.82) is 0 Å². The van der Waals surface area contributed by atoms with E-state index in [9.17, 15) is 10.2 Å². The molecule has 1 aromatic heterocycles. The largest absolute Gasteiger partial charge is 0.507 e. The minimum atomic E-state index is 0.314. The van der Waals surface area contributed by atoms with E-state index < -0.39 is 0 Å². The number of likely N-dealkylation sites (N-methyl/N-ethyl adjacent to an activating group) is 2. The lowest BCUT2D eigenvalue weighted by Gasteiger charge is -2.23. The van der Waals surface area contributed by atoms with Gasteiger partial charge in [0.05, 0.1) is 16.7 Å². The molecule has 0 aliphatic rings. The number of hydrogen-bond acceptors (Lipinski definition) is 4. The zero-order valence-electron chi connectivity index (χ0n) is 22.1. The summed E-state index contributed by atoms with van der Waals surface area (Å²) < 4.78 is 2.16. The summed E-state index contributed by atoms with van der Waals surface area (Å²) in [4.78, 5) is 4.45. The molecule has 0 spiro atoms. The van der Waals surface area contributed by atoms with Gasteiger partial charge in [0.15, 0.2) is 0 Å². The fourth-order valence-corrected chi connectivity index (χ4v) is 5.32. The third-order valence-electron chi connectivity index (χ3n) is 7.19. The number of rotatable bonds is 8. The quantitative estimate of drug-likeness (QED) is 0.264. The van der Waals surface area contributed by atoms with E-state index in [4.69, 9.17) is 0 Å². The molecule has 5 rings (SSSR count). The van der Waals surface area contributed by atoms with Crippen molar-refractivity contribution in [2.45, 2.75) is 26.9 Å². The van der Waals surface area contributed by atoms with Gasteiger partial charge >= 0.3 is 0 Å². The summed E-state index contributed by atoms with van der Waals surface area (Å²) in [6.45, 7) is 7.01. The molecule has 1 heterocycles. The molecule has 0 saturated heterocycles. The van der Waals surface area contributed by atoms with Crippen molar-refractivity contribution in [2.75, 3.05) is 27.2 Å². The highest BCUT2D eigenvalue weighted by molar-refractivity contribution is 6.09. The average molecular weight is 494 g/mol. The summed E-state index contributed by atoms with van der Waals surface area (Å²) in [5.74, 6) is 0.701. The maximum atomic E-state index is 11.4. The van der Waals surface area contributed by atoms with E-state index in [1.165, 1.54) is 10.8 Å². The molecule has 0 unspecified atom stereocenters. The molecule has 5 aromatic rings. The van der Waals surface area contributed by atoms with Gasteiger partial charge in [0.2, 0.25) is 0 Å². The summed E-state index contributed by atoms with van der Waals surface area (Å²) in [5.41, 5.74) is 6.90. The molecule has 0 bridgehead atoms. The van der Waals surface area contributed by atoms with Gasteiger partial charge in [0, 0.05) is 48.1 Å². The highest BCUT2D eigenvalue weighted by Crippen LogP contribution is 2.36. The second-order valence-corrected chi connectivity index (χ2v) is 10.2. The van der Waals surface area contributed by atoms with Crippen LogP contribution in [0, 0.1) is 13.8 Å². The van der Waals surface area contributed by atoms with Gasteiger partial charge < -0.3 is 24.6 Å². The van der Waals surface area contributed by atoms with Crippen molar-refractivity contribution < 1.29 is 10.2 Å². The molecule has 4 aromatic carbocycles. The predicted molar refractivity (Wildman–Crippen MR) is 153 cm³/mol. The number of phenols is 2. The Hall–Kier alpha value is -3.80. The van der Waals surface area contributed by atoms with Crippen molar-refractivity contribution in [3.63, 3.8) is 0 Å². The van der Waals surface area contributed by atoms with Crippen LogP contribution in [0.3, 0.4) is 0 Å². The van der Waals surface area contributed by atoms with Crippen LogP contribution in [0.2, 0.25) is 0 Å². The number of phenolic OH excluding ortho intramolecular Hbond substituents is 2. The van der Waals surface area contributed by atoms with E-state index >= 15 is 0 Å². The van der Waals surface area contributed by atoms with Crippen LogP contribution in [0.5, 0.6) is 11.5 Å². The molecule has 0 fully saturated rings. The topological polar surface area (TPSA) is 51.9 Å². The molecule has 0 atom stereocenters. The maximum absolute atomic E-state index is 11.4. The van der Waals surface area contributed by atoms with Gasteiger partial charge in [-0.05, 0) is 51.7 Å². The highest BCUT2D eigenvalue weighted by Gasteiger charge is 2.17. The summed E-state index contributed by atoms with van der Waals surface area (Å²) in [6.07, 6.45) is 0. The maximum Gasteiger partial charge on any atom is 0.144 e. The molecular formula is C32H35N3O2. The normalized spacial score (nSPS) is 11.8. The van der Waals surface area contributed by atoms with Gasteiger partial charge in [-0.1, -0.05) is 66.2 Å². The zero-order chi connectivity index (χ0) is 26.1. The Labute approximate surface area is 218 Å². The van der Waals surface area contributed by atoms with Gasteiger partial charge in [0.1, 0.15) is 11.5 Å². The average Bonchev–Trinajstić information content (AvgIpc) is 3.21. The Balaban J connectivity index is 1.33. The van der Waals surface area contributed by atoms with Crippen molar-refractivity contribution in [3.8, 4) is 17.2 Å². The molecule has 0 saturated carbocycles. The van der Waals surface area contributed by atoms with E-state index in [2.05, 4.69) is 77.9 Å². The lowest BCUT2D eigenvalue weighted by atomic mass is 10.1. The van der Waals surface area contributed by atoms with Crippen LogP contribution in [0.25, 0.3) is 27.5 Å². The number of aromatic hydroxyl groups is 2. The first kappa shape index (κ1) is 24.9. The van der Waals surface area contributed by atoms with Crippen LogP contribution in [0.1, 0.15) is 22.3 Å². The van der Waals surface area contributed by atoms with Gasteiger partial charge in [-0.3, -0.25) is 0 Å². The molecular weight excluding hydrogens is 458 g/mol. The van der Waals surface area contributed by atoms with Crippen LogP contribution >= 0.6 is 0 Å². The highest BCUT2D eigenvalue weighted by atomic mass is 16.3. The molecule has 37 heavy (non-hydrogen) atoms. The summed E-state index contributed by atoms with van der Waals surface area (Å²) in [7, 11) is 4.15. The van der Waals surface area contributed by atoms with Crippen LogP contribution < -0.4 is 0 Å². The molecule has 5 heteroatoms. The molecule has 190 valence electrons. The van der Waals surface area contributed by atoms with Gasteiger partial charge in [-0.25, -0.2) is 0 Å². The summed E-state index contributed by atoms with van der Waals surface area (Å²) >= 11 is 0. The van der Waals surface area contributed by atoms with Gasteiger partial charge in [-0.15, -0.1) is 0 Å². The van der Waals surface area contributed by atoms with Crippen molar-refractivity contribution in [2.24, 2.45) is 0 Å². The SMILES string of the molecule is Cc1cc(C)c(O)c(CN(C)CCN(C)Cc2cccc(-n3c4ccccc4c4ccccc43)c2O)c1. The zero-order valence-corrected chi connectivity index (χ0v) is 22.1. The van der Waals surface area contributed by atoms with Crippen molar-refractivity contribution >= 4 is 21.8 Å². The van der Waals surface area contributed by atoms with E-state index in [0.29, 0.717) is 24.6 Å². The number of hydrogen-bond donors (Lipinski definition) is 2. The van der Waals surface area contributed by atoms with E-state index in [1.54, 1.807) is 0 Å².